The predicted molar refractivity (Wildman–Crippen MR) is 113 cm³/mol. The Morgan fingerprint density at radius 2 is 2.03 bits per heavy atom. The van der Waals surface area contributed by atoms with Crippen molar-refractivity contribution in [3.63, 3.8) is 0 Å². The molecule has 8 heteroatoms. The number of fused-ring (bicyclic) bond motifs is 2. The molecule has 0 unspecified atom stereocenters. The van der Waals surface area contributed by atoms with Gasteiger partial charge >= 0.3 is 5.97 Å². The number of hydrogen-bond donors (Lipinski definition) is 2. The molecule has 2 aromatic carbocycles. The lowest BCUT2D eigenvalue weighted by Crippen LogP contribution is -2.17. The van der Waals surface area contributed by atoms with Crippen molar-refractivity contribution < 1.29 is 24.1 Å². The van der Waals surface area contributed by atoms with Crippen LogP contribution in [0.5, 0.6) is 11.5 Å². The van der Waals surface area contributed by atoms with E-state index in [-0.39, 0.29) is 17.2 Å². The van der Waals surface area contributed by atoms with E-state index >= 15 is 0 Å². The van der Waals surface area contributed by atoms with Crippen LogP contribution in [0, 0.1) is 11.3 Å². The monoisotopic (exact) mass is 417 g/mol. The van der Waals surface area contributed by atoms with Crippen LogP contribution < -0.4 is 9.47 Å². The van der Waals surface area contributed by atoms with Gasteiger partial charge in [0.05, 0.1) is 11.0 Å². The summed E-state index contributed by atoms with van der Waals surface area (Å²) in [5.41, 5.74) is 2.02. The molecule has 0 spiro atoms. The number of imidazole rings is 1. The molecule has 31 heavy (non-hydrogen) atoms. The van der Waals surface area contributed by atoms with Crippen LogP contribution in [-0.4, -0.2) is 40.4 Å². The summed E-state index contributed by atoms with van der Waals surface area (Å²) >= 11 is 0. The summed E-state index contributed by atoms with van der Waals surface area (Å²) in [5.74, 6) is 0.416. The zero-order chi connectivity index (χ0) is 21.8. The molecule has 0 radical (unpaired) electrons. The average molecular weight is 417 g/mol. The number of aliphatic hydroxyl groups excluding tert-OH is 1. The number of aromatic nitrogens is 2. The van der Waals surface area contributed by atoms with Gasteiger partial charge in [-0.05, 0) is 42.8 Å². The summed E-state index contributed by atoms with van der Waals surface area (Å²) in [7, 11) is 0. The summed E-state index contributed by atoms with van der Waals surface area (Å²) < 4.78 is 16.2. The number of carbonyl (C=O) groups excluding carboxylic acids is 1. The lowest BCUT2D eigenvalue weighted by Gasteiger charge is -2.18. The summed E-state index contributed by atoms with van der Waals surface area (Å²) in [4.78, 5) is 19.5. The number of benzene rings is 2. The van der Waals surface area contributed by atoms with Gasteiger partial charge in [0, 0.05) is 6.08 Å². The third kappa shape index (κ3) is 4.36. The number of carbonyl (C=O) groups is 1. The molecule has 0 fully saturated rings. The highest BCUT2D eigenvalue weighted by atomic mass is 16.6. The maximum Gasteiger partial charge on any atom is 0.331 e. The van der Waals surface area contributed by atoms with Gasteiger partial charge in [-0.1, -0.05) is 18.2 Å². The van der Waals surface area contributed by atoms with Gasteiger partial charge in [-0.15, -0.1) is 0 Å². The molecular weight excluding hydrogens is 398 g/mol. The normalized spacial score (nSPS) is 14.7. The van der Waals surface area contributed by atoms with E-state index in [1.807, 2.05) is 24.3 Å². The molecule has 1 aromatic heterocycles. The number of rotatable bonds is 5. The van der Waals surface area contributed by atoms with Crippen LogP contribution in [0.2, 0.25) is 0 Å². The molecule has 1 aliphatic rings. The van der Waals surface area contributed by atoms with Gasteiger partial charge in [0.15, 0.2) is 29.2 Å². The molecule has 0 aliphatic carbocycles. The Morgan fingerprint density at radius 1 is 1.26 bits per heavy atom. The van der Waals surface area contributed by atoms with Gasteiger partial charge in [-0.2, -0.15) is 5.26 Å². The maximum atomic E-state index is 12.2. The fourth-order valence-electron chi connectivity index (χ4n) is 3.10. The highest BCUT2D eigenvalue weighted by molar-refractivity contribution is 5.88. The Kier molecular flexibility index (Phi) is 5.58. The fourth-order valence-corrected chi connectivity index (χ4v) is 3.10. The second-order valence-corrected chi connectivity index (χ2v) is 6.79. The first-order valence-electron chi connectivity index (χ1n) is 9.62. The van der Waals surface area contributed by atoms with Gasteiger partial charge in [-0.3, -0.25) is 0 Å². The van der Waals surface area contributed by atoms with Gasteiger partial charge in [0.25, 0.3) is 0 Å². The number of allylic oxidation sites excluding steroid dienone is 1. The number of nitrogens with one attached hydrogen (secondary N) is 1. The molecule has 0 saturated heterocycles. The first kappa shape index (κ1) is 20.0. The van der Waals surface area contributed by atoms with Crippen molar-refractivity contribution in [1.82, 2.24) is 9.97 Å². The van der Waals surface area contributed by atoms with Crippen LogP contribution in [-0.2, 0) is 9.53 Å². The number of nitriles is 1. The van der Waals surface area contributed by atoms with Crippen molar-refractivity contribution in [2.45, 2.75) is 13.0 Å². The standard InChI is InChI=1S/C23H19N3O5/c1-14(22(28)16(13-24)23-25-17-4-2-3-5-18(17)26-23)31-21(27)9-7-15-6-8-19-20(12-15)30-11-10-29-19/h2-9,12,14,28H,10-11H2,1H3,(H,25,26)/b9-7+,22-16-/t14-/m1/s1. The van der Waals surface area contributed by atoms with E-state index in [1.165, 1.54) is 13.0 Å². The van der Waals surface area contributed by atoms with Crippen LogP contribution in [0.1, 0.15) is 18.3 Å². The predicted octanol–water partition coefficient (Wildman–Crippen LogP) is 3.77. The van der Waals surface area contributed by atoms with E-state index < -0.39 is 12.1 Å². The van der Waals surface area contributed by atoms with E-state index in [0.717, 1.165) is 11.1 Å². The highest BCUT2D eigenvalue weighted by Gasteiger charge is 2.20. The van der Waals surface area contributed by atoms with Crippen molar-refractivity contribution in [1.29, 1.82) is 5.26 Å². The Labute approximate surface area is 178 Å². The number of para-hydroxylation sites is 2. The number of esters is 1. The molecular formula is C23H19N3O5. The number of ether oxygens (including phenoxy) is 3. The fraction of sp³-hybridized carbons (Fsp3) is 0.174. The zero-order valence-electron chi connectivity index (χ0n) is 16.7. The summed E-state index contributed by atoms with van der Waals surface area (Å²) in [6.45, 7) is 2.45. The third-order valence-corrected chi connectivity index (χ3v) is 4.65. The quantitative estimate of drug-likeness (QED) is 0.281. The number of nitrogens with zero attached hydrogens (tertiary/aromatic N) is 2. The van der Waals surface area contributed by atoms with Crippen molar-refractivity contribution in [2.75, 3.05) is 13.2 Å². The second-order valence-electron chi connectivity index (χ2n) is 6.79. The number of aromatic amines is 1. The highest BCUT2D eigenvalue weighted by Crippen LogP contribution is 2.31. The molecule has 0 bridgehead atoms. The molecule has 8 nitrogen and oxygen atoms in total. The zero-order valence-corrected chi connectivity index (χ0v) is 16.7. The van der Waals surface area contributed by atoms with Gasteiger partial charge in [0.1, 0.15) is 24.9 Å². The summed E-state index contributed by atoms with van der Waals surface area (Å²) in [6.07, 6.45) is 1.77. The van der Waals surface area contributed by atoms with Crippen molar-refractivity contribution in [3.8, 4) is 17.6 Å². The molecule has 3 aromatic rings. The summed E-state index contributed by atoms with van der Waals surface area (Å²) in [6, 6.07) is 14.5. The van der Waals surface area contributed by atoms with E-state index in [0.29, 0.717) is 30.2 Å². The number of aliphatic hydroxyl groups is 1. The van der Waals surface area contributed by atoms with Crippen LogP contribution in [0.15, 0.2) is 54.3 Å². The van der Waals surface area contributed by atoms with Crippen molar-refractivity contribution in [3.05, 3.63) is 65.7 Å². The topological polar surface area (TPSA) is 117 Å². The molecule has 156 valence electrons. The van der Waals surface area contributed by atoms with Gasteiger partial charge in [0.2, 0.25) is 0 Å². The molecule has 0 saturated carbocycles. The van der Waals surface area contributed by atoms with Crippen molar-refractivity contribution in [2.24, 2.45) is 0 Å². The molecule has 0 amide bonds. The lowest BCUT2D eigenvalue weighted by molar-refractivity contribution is -0.141. The van der Waals surface area contributed by atoms with E-state index in [1.54, 1.807) is 30.3 Å². The molecule has 1 atom stereocenters. The minimum absolute atomic E-state index is 0.0904. The molecule has 4 rings (SSSR count). The minimum Gasteiger partial charge on any atom is -0.507 e. The Morgan fingerprint density at radius 3 is 2.81 bits per heavy atom. The number of hydrogen-bond acceptors (Lipinski definition) is 7. The van der Waals surface area contributed by atoms with E-state index in [9.17, 15) is 15.2 Å². The molecule has 1 aliphatic heterocycles. The van der Waals surface area contributed by atoms with Gasteiger partial charge < -0.3 is 24.3 Å². The van der Waals surface area contributed by atoms with Gasteiger partial charge in [-0.25, -0.2) is 9.78 Å². The number of H-pyrrole nitrogens is 1. The van der Waals surface area contributed by atoms with Crippen LogP contribution in [0.25, 0.3) is 22.7 Å². The maximum absolute atomic E-state index is 12.2. The van der Waals surface area contributed by atoms with Crippen molar-refractivity contribution >= 4 is 28.7 Å². The molecule has 2 N–H and O–H groups in total. The summed E-state index contributed by atoms with van der Waals surface area (Å²) in [5, 5.41) is 20.0. The Bertz CT molecular complexity index is 1200. The SMILES string of the molecule is C[C@@H](OC(=O)/C=C/c1ccc2c(c1)OCCO2)/C(O)=C(\C#N)c1nc2ccccc2[nH]1. The smallest absolute Gasteiger partial charge is 0.331 e. The molecule has 2 heterocycles. The second kappa shape index (κ2) is 8.63. The first-order chi connectivity index (χ1) is 15.0. The van der Waals surface area contributed by atoms with Crippen LogP contribution in [0.3, 0.4) is 0 Å². The van der Waals surface area contributed by atoms with E-state index in [4.69, 9.17) is 14.2 Å². The Hall–Kier alpha value is -4.25. The van der Waals surface area contributed by atoms with Crippen LogP contribution in [0.4, 0.5) is 0 Å². The first-order valence-corrected chi connectivity index (χ1v) is 9.62. The van der Waals surface area contributed by atoms with E-state index in [2.05, 4.69) is 9.97 Å². The van der Waals surface area contributed by atoms with Crippen LogP contribution >= 0.6 is 0 Å². The third-order valence-electron chi connectivity index (χ3n) is 4.65. The Balaban J connectivity index is 1.47. The average Bonchev–Trinajstić information content (AvgIpc) is 3.21. The minimum atomic E-state index is -1.04. The largest absolute Gasteiger partial charge is 0.507 e. The lowest BCUT2D eigenvalue weighted by atomic mass is 10.1.